The minimum Gasteiger partial charge on any atom is -0.359 e. The first-order valence-corrected chi connectivity index (χ1v) is 6.82. The first-order chi connectivity index (χ1) is 13.5. The van der Waals surface area contributed by atoms with Crippen molar-refractivity contribution in [2.24, 2.45) is 0 Å². The number of hydrogen-bond acceptors (Lipinski definition) is 1. The Hall–Kier alpha value is -1.44. The molecule has 0 spiro atoms. The van der Waals surface area contributed by atoms with Crippen molar-refractivity contribution in [1.29, 1.82) is 0 Å². The topological polar surface area (TPSA) is 20.2 Å². The monoisotopic (exact) mass is 532 g/mol. The van der Waals surface area contributed by atoms with Crippen LogP contribution in [0.3, 0.4) is 0 Å². The SMILES string of the molecule is OC(F)C(F)(F)C(F)(F)C(F)(F)C(F)(F)C(F)(F)C(F)(F)C(F)(F)C(F)(F)C(F)C(F)F. The number of aliphatic hydroxyl groups is 1. The highest BCUT2D eigenvalue weighted by Crippen LogP contribution is 2.64. The van der Waals surface area contributed by atoms with Crippen molar-refractivity contribution >= 4 is 0 Å². The maximum Gasteiger partial charge on any atom is 0.385 e. The van der Waals surface area contributed by atoms with E-state index in [1.54, 1.807) is 0 Å². The third kappa shape index (κ3) is 3.61. The molecule has 0 amide bonds. The standard InChI is InChI=1S/C11H4F20O/c12-1(2(13)14)4(16,17)6(20,21)8(24,25)10(28,29)11(30,31)9(26,27)7(22,23)5(18,19)3(15)32/h1-3,32H. The van der Waals surface area contributed by atoms with Crippen molar-refractivity contribution in [3.63, 3.8) is 0 Å². The molecular weight excluding hydrogens is 528 g/mol. The van der Waals surface area contributed by atoms with Crippen molar-refractivity contribution in [3.8, 4) is 0 Å². The van der Waals surface area contributed by atoms with Crippen LogP contribution in [0, 0.1) is 0 Å². The van der Waals surface area contributed by atoms with Crippen LogP contribution in [0.2, 0.25) is 0 Å². The predicted octanol–water partition coefficient (Wildman–Crippen LogP) is 5.96. The molecule has 0 heterocycles. The maximum atomic E-state index is 13.2. The van der Waals surface area contributed by atoms with Crippen LogP contribution < -0.4 is 0 Å². The Morgan fingerprint density at radius 3 is 0.812 bits per heavy atom. The van der Waals surface area contributed by atoms with Crippen LogP contribution in [0.25, 0.3) is 0 Å². The summed E-state index contributed by atoms with van der Waals surface area (Å²) in [6.07, 6.45) is -16.9. The number of rotatable bonds is 10. The molecule has 0 aromatic heterocycles. The van der Waals surface area contributed by atoms with Crippen molar-refractivity contribution in [3.05, 3.63) is 0 Å². The Labute approximate surface area is 160 Å². The Morgan fingerprint density at radius 1 is 0.375 bits per heavy atom. The van der Waals surface area contributed by atoms with Gasteiger partial charge in [-0.25, -0.2) is 17.6 Å². The van der Waals surface area contributed by atoms with Gasteiger partial charge in [-0.15, -0.1) is 0 Å². The predicted molar refractivity (Wildman–Crippen MR) is 57.6 cm³/mol. The Balaban J connectivity index is 6.87. The Bertz CT molecular complexity index is 664. The van der Waals surface area contributed by atoms with Gasteiger partial charge in [-0.2, -0.15) is 70.2 Å². The molecule has 0 fully saturated rings. The summed E-state index contributed by atoms with van der Waals surface area (Å²) in [4.78, 5) is 0. The zero-order valence-electron chi connectivity index (χ0n) is 13.7. The van der Waals surface area contributed by atoms with Crippen LogP contribution in [-0.2, 0) is 0 Å². The fraction of sp³-hybridized carbons (Fsp3) is 1.00. The second-order valence-electron chi connectivity index (χ2n) is 5.76. The first kappa shape index (κ1) is 30.6. The summed E-state index contributed by atoms with van der Waals surface area (Å²) in [6, 6.07) is 0. The molecule has 2 atom stereocenters. The smallest absolute Gasteiger partial charge is 0.359 e. The normalized spacial score (nSPS) is 18.2. The van der Waals surface area contributed by atoms with Crippen LogP contribution in [0.15, 0.2) is 0 Å². The molecule has 194 valence electrons. The largest absolute Gasteiger partial charge is 0.385 e. The molecule has 0 aliphatic rings. The summed E-state index contributed by atoms with van der Waals surface area (Å²) in [5.74, 6) is -67.6. The lowest BCUT2D eigenvalue weighted by atomic mass is 9.86. The van der Waals surface area contributed by atoms with E-state index in [4.69, 9.17) is 5.11 Å². The van der Waals surface area contributed by atoms with E-state index in [1.165, 1.54) is 0 Å². The molecule has 1 nitrogen and oxygen atoms in total. The van der Waals surface area contributed by atoms with Crippen LogP contribution in [-0.4, -0.2) is 71.4 Å². The lowest BCUT2D eigenvalue weighted by Gasteiger charge is -2.43. The van der Waals surface area contributed by atoms with Crippen molar-refractivity contribution in [1.82, 2.24) is 0 Å². The Morgan fingerprint density at radius 2 is 0.594 bits per heavy atom. The van der Waals surface area contributed by atoms with Crippen LogP contribution in [0.5, 0.6) is 0 Å². The summed E-state index contributed by atoms with van der Waals surface area (Å²) in [5.41, 5.74) is 0. The second kappa shape index (κ2) is 7.81. The molecule has 0 saturated heterocycles. The molecule has 21 heteroatoms. The molecule has 2 unspecified atom stereocenters. The lowest BCUT2D eigenvalue weighted by Crippen LogP contribution is -2.76. The van der Waals surface area contributed by atoms with Gasteiger partial charge in [-0.05, 0) is 0 Å². The highest BCUT2D eigenvalue weighted by molar-refractivity contribution is 5.16. The third-order valence-corrected chi connectivity index (χ3v) is 3.68. The summed E-state index contributed by atoms with van der Waals surface area (Å²) < 4.78 is 257. The van der Waals surface area contributed by atoms with Crippen molar-refractivity contribution in [2.45, 2.75) is 66.3 Å². The van der Waals surface area contributed by atoms with Gasteiger partial charge in [0.15, 0.2) is 0 Å². The molecule has 0 aromatic rings. The molecule has 1 N–H and O–H groups in total. The molecule has 0 aromatic carbocycles. The fourth-order valence-corrected chi connectivity index (χ4v) is 1.69. The van der Waals surface area contributed by atoms with E-state index in [0.29, 0.717) is 0 Å². The van der Waals surface area contributed by atoms with E-state index in [-0.39, 0.29) is 0 Å². The zero-order chi connectivity index (χ0) is 26.7. The van der Waals surface area contributed by atoms with Gasteiger partial charge in [0.1, 0.15) is 0 Å². The van der Waals surface area contributed by atoms with E-state index < -0.39 is 66.3 Å². The van der Waals surface area contributed by atoms with Gasteiger partial charge in [0, 0.05) is 0 Å². The average molecular weight is 532 g/mol. The third-order valence-electron chi connectivity index (χ3n) is 3.68. The molecule has 0 aliphatic carbocycles. The van der Waals surface area contributed by atoms with Gasteiger partial charge in [0.25, 0.3) is 12.8 Å². The number of alkyl halides is 20. The van der Waals surface area contributed by atoms with Gasteiger partial charge in [-0.3, -0.25) is 0 Å². The van der Waals surface area contributed by atoms with Gasteiger partial charge in [-0.1, -0.05) is 0 Å². The van der Waals surface area contributed by atoms with Gasteiger partial charge in [0.2, 0.25) is 6.17 Å². The summed E-state index contributed by atoms with van der Waals surface area (Å²) in [6.45, 7) is 0. The minimum absolute atomic E-state index is 5.42. The van der Waals surface area contributed by atoms with Gasteiger partial charge >= 0.3 is 47.4 Å². The molecule has 0 rings (SSSR count). The maximum absolute atomic E-state index is 13.2. The number of hydrogen-bond donors (Lipinski definition) is 1. The van der Waals surface area contributed by atoms with E-state index >= 15 is 0 Å². The molecule has 0 aliphatic heterocycles. The highest BCUT2D eigenvalue weighted by atomic mass is 19.4. The van der Waals surface area contributed by atoms with Crippen molar-refractivity contribution < 1.29 is 92.9 Å². The van der Waals surface area contributed by atoms with Crippen LogP contribution in [0.4, 0.5) is 87.8 Å². The van der Waals surface area contributed by atoms with Crippen molar-refractivity contribution in [2.75, 3.05) is 0 Å². The lowest BCUT2D eigenvalue weighted by molar-refractivity contribution is -0.461. The minimum atomic E-state index is -8.97. The summed E-state index contributed by atoms with van der Waals surface area (Å²) >= 11 is 0. The number of aliphatic hydroxyl groups excluding tert-OH is 1. The van der Waals surface area contributed by atoms with Gasteiger partial charge < -0.3 is 5.11 Å². The first-order valence-electron chi connectivity index (χ1n) is 6.82. The Kier molecular flexibility index (Phi) is 7.46. The molecule has 32 heavy (non-hydrogen) atoms. The quantitative estimate of drug-likeness (QED) is 0.345. The summed E-state index contributed by atoms with van der Waals surface area (Å²) in [5, 5.41) is 7.61. The molecule has 0 bridgehead atoms. The summed E-state index contributed by atoms with van der Waals surface area (Å²) in [7, 11) is 0. The van der Waals surface area contributed by atoms with Crippen LogP contribution >= 0.6 is 0 Å². The molecular formula is C11H4F20O. The number of halogens is 20. The zero-order valence-corrected chi connectivity index (χ0v) is 13.7. The highest BCUT2D eigenvalue weighted by Gasteiger charge is 2.95. The van der Waals surface area contributed by atoms with E-state index in [1.807, 2.05) is 0 Å². The fourth-order valence-electron chi connectivity index (χ4n) is 1.69. The molecule has 0 radical (unpaired) electrons. The van der Waals surface area contributed by atoms with Gasteiger partial charge in [0.05, 0.1) is 0 Å². The van der Waals surface area contributed by atoms with E-state index in [9.17, 15) is 87.8 Å². The average Bonchev–Trinajstić information content (AvgIpc) is 2.59. The van der Waals surface area contributed by atoms with E-state index in [2.05, 4.69) is 0 Å². The molecule has 0 saturated carbocycles. The van der Waals surface area contributed by atoms with E-state index in [0.717, 1.165) is 0 Å². The second-order valence-corrected chi connectivity index (χ2v) is 5.76. The van der Waals surface area contributed by atoms with Crippen LogP contribution in [0.1, 0.15) is 0 Å².